The Labute approximate surface area is 96.9 Å². The Balaban J connectivity index is 3.00. The summed E-state index contributed by atoms with van der Waals surface area (Å²) in [5.41, 5.74) is 0. The maximum Gasteiger partial charge on any atom is 0.240 e. The average molecular weight is 296 g/mol. The molecule has 0 amide bonds. The van der Waals surface area contributed by atoms with Crippen LogP contribution in [0, 0.1) is 5.82 Å². The number of hydrogen-bond donors (Lipinski definition) is 1. The molecule has 1 aromatic rings. The SMILES string of the molecule is CCCNS(=O)(=O)c1ccc(F)c(Br)c1. The molecule has 0 bridgehead atoms. The number of hydrogen-bond acceptors (Lipinski definition) is 2. The zero-order chi connectivity index (χ0) is 11.5. The summed E-state index contributed by atoms with van der Waals surface area (Å²) in [4.78, 5) is 0.0595. The standard InChI is InChI=1S/C9H11BrFNO2S/c1-2-5-12-15(13,14)7-3-4-9(11)8(10)6-7/h3-4,6,12H,2,5H2,1H3. The van der Waals surface area contributed by atoms with Gasteiger partial charge in [0.25, 0.3) is 0 Å². The fourth-order valence-electron chi connectivity index (χ4n) is 0.964. The van der Waals surface area contributed by atoms with Crippen molar-refractivity contribution in [2.75, 3.05) is 6.54 Å². The second kappa shape index (κ2) is 5.05. The lowest BCUT2D eigenvalue weighted by Gasteiger charge is -2.05. The summed E-state index contributed by atoms with van der Waals surface area (Å²) in [6.45, 7) is 2.24. The summed E-state index contributed by atoms with van der Waals surface area (Å²) < 4.78 is 38.6. The molecule has 0 saturated carbocycles. The van der Waals surface area contributed by atoms with E-state index < -0.39 is 15.8 Å². The van der Waals surface area contributed by atoms with E-state index in [9.17, 15) is 12.8 Å². The van der Waals surface area contributed by atoms with E-state index in [2.05, 4.69) is 20.7 Å². The topological polar surface area (TPSA) is 46.2 Å². The van der Waals surface area contributed by atoms with E-state index in [1.165, 1.54) is 12.1 Å². The smallest absolute Gasteiger partial charge is 0.211 e. The Morgan fingerprint density at radius 2 is 2.13 bits per heavy atom. The largest absolute Gasteiger partial charge is 0.240 e. The van der Waals surface area contributed by atoms with Gasteiger partial charge >= 0.3 is 0 Å². The summed E-state index contributed by atoms with van der Waals surface area (Å²) >= 11 is 2.94. The van der Waals surface area contributed by atoms with Crippen LogP contribution in [0.25, 0.3) is 0 Å². The molecule has 84 valence electrons. The Bertz CT molecular complexity index is 447. The van der Waals surface area contributed by atoms with Crippen molar-refractivity contribution in [3.63, 3.8) is 0 Å². The van der Waals surface area contributed by atoms with Gasteiger partial charge in [-0.3, -0.25) is 0 Å². The molecule has 0 aliphatic rings. The van der Waals surface area contributed by atoms with Gasteiger partial charge in [0.05, 0.1) is 9.37 Å². The van der Waals surface area contributed by atoms with Crippen LogP contribution in [0.4, 0.5) is 4.39 Å². The normalized spacial score (nSPS) is 11.7. The molecule has 1 rings (SSSR count). The number of benzene rings is 1. The Kier molecular flexibility index (Phi) is 4.24. The third-order valence-electron chi connectivity index (χ3n) is 1.74. The average Bonchev–Trinajstić information content (AvgIpc) is 2.19. The highest BCUT2D eigenvalue weighted by atomic mass is 79.9. The van der Waals surface area contributed by atoms with Crippen LogP contribution in [0.5, 0.6) is 0 Å². The molecular formula is C9H11BrFNO2S. The Morgan fingerprint density at radius 3 is 2.67 bits per heavy atom. The van der Waals surface area contributed by atoms with Crippen molar-refractivity contribution in [3.8, 4) is 0 Å². The molecule has 0 fully saturated rings. The van der Waals surface area contributed by atoms with E-state index in [0.29, 0.717) is 13.0 Å². The van der Waals surface area contributed by atoms with Crippen molar-refractivity contribution in [2.24, 2.45) is 0 Å². The lowest BCUT2D eigenvalue weighted by molar-refractivity contribution is 0.579. The Hall–Kier alpha value is -0.460. The van der Waals surface area contributed by atoms with Crippen molar-refractivity contribution < 1.29 is 12.8 Å². The first-order chi connectivity index (χ1) is 6.97. The van der Waals surface area contributed by atoms with E-state index in [0.717, 1.165) is 6.07 Å². The molecule has 0 saturated heterocycles. The first kappa shape index (κ1) is 12.6. The minimum Gasteiger partial charge on any atom is -0.211 e. The number of rotatable bonds is 4. The van der Waals surface area contributed by atoms with Gasteiger partial charge in [-0.1, -0.05) is 6.92 Å². The molecule has 3 nitrogen and oxygen atoms in total. The number of sulfonamides is 1. The molecule has 0 aromatic heterocycles. The molecule has 0 atom stereocenters. The van der Waals surface area contributed by atoms with Crippen molar-refractivity contribution in [1.29, 1.82) is 0 Å². The lowest BCUT2D eigenvalue weighted by Crippen LogP contribution is -2.24. The molecule has 0 heterocycles. The zero-order valence-corrected chi connectivity index (χ0v) is 10.5. The van der Waals surface area contributed by atoms with Crippen LogP contribution >= 0.6 is 15.9 Å². The first-order valence-corrected chi connectivity index (χ1v) is 6.69. The van der Waals surface area contributed by atoms with Crippen molar-refractivity contribution >= 4 is 26.0 Å². The van der Waals surface area contributed by atoms with E-state index in [1.807, 2.05) is 6.92 Å². The van der Waals surface area contributed by atoms with Gasteiger partial charge in [-0.05, 0) is 40.5 Å². The van der Waals surface area contributed by atoms with Gasteiger partial charge in [0.2, 0.25) is 10.0 Å². The zero-order valence-electron chi connectivity index (χ0n) is 8.13. The van der Waals surface area contributed by atoms with Gasteiger partial charge in [-0.25, -0.2) is 17.5 Å². The maximum absolute atomic E-state index is 12.9. The van der Waals surface area contributed by atoms with E-state index in [4.69, 9.17) is 0 Å². The van der Waals surface area contributed by atoms with Crippen LogP contribution < -0.4 is 4.72 Å². The van der Waals surface area contributed by atoms with Crippen molar-refractivity contribution in [2.45, 2.75) is 18.2 Å². The third kappa shape index (κ3) is 3.25. The highest BCUT2D eigenvalue weighted by Crippen LogP contribution is 2.19. The summed E-state index contributed by atoms with van der Waals surface area (Å²) in [7, 11) is -3.51. The predicted molar refractivity (Wildman–Crippen MR) is 59.6 cm³/mol. The molecule has 0 radical (unpaired) electrons. The van der Waals surface area contributed by atoms with E-state index in [1.54, 1.807) is 0 Å². The molecule has 1 N–H and O–H groups in total. The molecule has 6 heteroatoms. The second-order valence-electron chi connectivity index (χ2n) is 2.97. The molecule has 1 aromatic carbocycles. The molecule has 0 spiro atoms. The molecule has 0 aliphatic carbocycles. The number of nitrogens with one attached hydrogen (secondary N) is 1. The molecule has 0 aliphatic heterocycles. The summed E-state index contributed by atoms with van der Waals surface area (Å²) in [6, 6.07) is 3.59. The molecule has 15 heavy (non-hydrogen) atoms. The van der Waals surface area contributed by atoms with E-state index >= 15 is 0 Å². The monoisotopic (exact) mass is 295 g/mol. The van der Waals surface area contributed by atoms with Crippen LogP contribution in [0.15, 0.2) is 27.6 Å². The maximum atomic E-state index is 12.9. The van der Waals surface area contributed by atoms with E-state index in [-0.39, 0.29) is 9.37 Å². The van der Waals surface area contributed by atoms with Crippen LogP contribution in [0.1, 0.15) is 13.3 Å². The fourth-order valence-corrected chi connectivity index (χ4v) is 2.65. The minimum absolute atomic E-state index is 0.0595. The van der Waals surface area contributed by atoms with Crippen LogP contribution in [-0.4, -0.2) is 15.0 Å². The lowest BCUT2D eigenvalue weighted by atomic mass is 10.3. The predicted octanol–water partition coefficient (Wildman–Crippen LogP) is 2.28. The Morgan fingerprint density at radius 1 is 1.47 bits per heavy atom. The number of halogens is 2. The van der Waals surface area contributed by atoms with Gasteiger partial charge in [0, 0.05) is 6.54 Å². The van der Waals surface area contributed by atoms with Gasteiger partial charge < -0.3 is 0 Å². The second-order valence-corrected chi connectivity index (χ2v) is 5.59. The quantitative estimate of drug-likeness (QED) is 0.926. The van der Waals surface area contributed by atoms with Gasteiger partial charge in [0.15, 0.2) is 0 Å². The van der Waals surface area contributed by atoms with Crippen LogP contribution in [0.2, 0.25) is 0 Å². The van der Waals surface area contributed by atoms with Crippen molar-refractivity contribution in [1.82, 2.24) is 4.72 Å². The summed E-state index contributed by atoms with van der Waals surface area (Å²) in [5, 5.41) is 0. The fraction of sp³-hybridized carbons (Fsp3) is 0.333. The van der Waals surface area contributed by atoms with Crippen LogP contribution in [0.3, 0.4) is 0 Å². The van der Waals surface area contributed by atoms with Crippen molar-refractivity contribution in [3.05, 3.63) is 28.5 Å². The first-order valence-electron chi connectivity index (χ1n) is 4.42. The van der Waals surface area contributed by atoms with Gasteiger partial charge in [0.1, 0.15) is 5.82 Å². The van der Waals surface area contributed by atoms with Gasteiger partial charge in [-0.2, -0.15) is 0 Å². The van der Waals surface area contributed by atoms with Crippen LogP contribution in [-0.2, 0) is 10.0 Å². The highest BCUT2D eigenvalue weighted by Gasteiger charge is 2.14. The molecule has 0 unspecified atom stereocenters. The highest BCUT2D eigenvalue weighted by molar-refractivity contribution is 9.10. The molecular weight excluding hydrogens is 285 g/mol. The summed E-state index contributed by atoms with van der Waals surface area (Å²) in [6.07, 6.45) is 0.710. The minimum atomic E-state index is -3.51. The van der Waals surface area contributed by atoms with Gasteiger partial charge in [-0.15, -0.1) is 0 Å². The third-order valence-corrected chi connectivity index (χ3v) is 3.81. The summed E-state index contributed by atoms with van der Waals surface area (Å²) in [5.74, 6) is -0.482.